The van der Waals surface area contributed by atoms with Gasteiger partial charge in [-0.15, -0.1) is 0 Å². The van der Waals surface area contributed by atoms with Crippen LogP contribution in [0, 0.1) is 0 Å². The van der Waals surface area contributed by atoms with Crippen molar-refractivity contribution in [1.29, 1.82) is 0 Å². The van der Waals surface area contributed by atoms with Crippen LogP contribution in [0.25, 0.3) is 32.0 Å². The van der Waals surface area contributed by atoms with E-state index in [1.165, 1.54) is 15.9 Å². The summed E-state index contributed by atoms with van der Waals surface area (Å²) >= 11 is 1.54. The molecular formula is C15H11N4S+. The SMILES string of the molecule is [2H]C([2H])([2H])n1c2[n+](c3sc4ncccc4c31)Cc1cnccc1-2. The van der Waals surface area contributed by atoms with Crippen molar-refractivity contribution in [3.05, 3.63) is 42.4 Å². The Balaban J connectivity index is 2.01. The topological polar surface area (TPSA) is 34.6 Å². The van der Waals surface area contributed by atoms with Crippen molar-refractivity contribution in [2.75, 3.05) is 0 Å². The monoisotopic (exact) mass is 282 g/mol. The van der Waals surface area contributed by atoms with Gasteiger partial charge in [0.1, 0.15) is 11.4 Å². The van der Waals surface area contributed by atoms with Gasteiger partial charge in [-0.05, 0) is 18.2 Å². The fourth-order valence-corrected chi connectivity index (χ4v) is 4.11. The number of hydrogen-bond donors (Lipinski definition) is 0. The lowest BCUT2D eigenvalue weighted by atomic mass is 10.2. The van der Waals surface area contributed by atoms with Crippen LogP contribution in [0.15, 0.2) is 36.8 Å². The van der Waals surface area contributed by atoms with E-state index in [-0.39, 0.29) is 0 Å². The molecule has 1 aliphatic heterocycles. The maximum Gasteiger partial charge on any atom is 0.291 e. The molecule has 4 aromatic rings. The van der Waals surface area contributed by atoms with Crippen LogP contribution in [0.4, 0.5) is 0 Å². The van der Waals surface area contributed by atoms with Gasteiger partial charge >= 0.3 is 0 Å². The van der Waals surface area contributed by atoms with E-state index in [0.717, 1.165) is 37.5 Å². The van der Waals surface area contributed by atoms with Gasteiger partial charge in [0, 0.05) is 24.2 Å². The molecule has 96 valence electrons. The van der Waals surface area contributed by atoms with Crippen LogP contribution in [-0.2, 0) is 13.5 Å². The number of nitrogens with zero attached hydrogens (tertiary/aromatic N) is 4. The Bertz CT molecular complexity index is 1090. The molecule has 4 aromatic heterocycles. The molecule has 5 rings (SSSR count). The average Bonchev–Trinajstić information content (AvgIpc) is 3.13. The van der Waals surface area contributed by atoms with Crippen LogP contribution < -0.4 is 4.57 Å². The molecule has 0 unspecified atom stereocenters. The van der Waals surface area contributed by atoms with E-state index in [2.05, 4.69) is 14.5 Å². The second-order valence-corrected chi connectivity index (χ2v) is 5.87. The molecule has 0 saturated heterocycles. The summed E-state index contributed by atoms with van der Waals surface area (Å²) in [6.07, 6.45) is 5.25. The largest absolute Gasteiger partial charge is 0.291 e. The van der Waals surface area contributed by atoms with E-state index in [1.807, 2.05) is 24.4 Å². The number of imidazole rings is 1. The lowest BCUT2D eigenvalue weighted by molar-refractivity contribution is -0.644. The van der Waals surface area contributed by atoms with Gasteiger partial charge in [-0.25, -0.2) is 14.1 Å². The number of rotatable bonds is 0. The molecule has 0 saturated carbocycles. The maximum atomic E-state index is 8.05. The number of aromatic nitrogens is 4. The van der Waals surface area contributed by atoms with Crippen molar-refractivity contribution in [2.45, 2.75) is 6.54 Å². The average molecular weight is 282 g/mol. The number of pyridine rings is 2. The number of aryl methyl sites for hydroxylation is 1. The van der Waals surface area contributed by atoms with Crippen molar-refractivity contribution < 1.29 is 8.68 Å². The standard InChI is InChI=1S/C15H11N4S/c1-18-12-11-3-2-5-17-13(11)20-15(12)19-8-9-7-16-6-4-10(9)14(18)19/h2-7H,8H2,1H3/q+1/i1D3. The summed E-state index contributed by atoms with van der Waals surface area (Å²) in [7, 11) is 0. The zero-order valence-corrected chi connectivity index (χ0v) is 11.2. The molecule has 0 spiro atoms. The van der Waals surface area contributed by atoms with Gasteiger partial charge < -0.3 is 0 Å². The van der Waals surface area contributed by atoms with Gasteiger partial charge in [-0.2, -0.15) is 0 Å². The van der Waals surface area contributed by atoms with Crippen LogP contribution >= 0.6 is 11.3 Å². The van der Waals surface area contributed by atoms with Crippen LogP contribution in [0.5, 0.6) is 0 Å². The molecule has 0 aliphatic carbocycles. The minimum absolute atomic E-state index is 0.644. The van der Waals surface area contributed by atoms with E-state index in [0.29, 0.717) is 6.54 Å². The summed E-state index contributed by atoms with van der Waals surface area (Å²) in [5, 5.41) is 0.890. The third kappa shape index (κ3) is 1.10. The van der Waals surface area contributed by atoms with Gasteiger partial charge in [-0.3, -0.25) is 4.98 Å². The fourth-order valence-electron chi connectivity index (χ4n) is 2.98. The molecule has 0 atom stereocenters. The first-order chi connectivity index (χ1) is 11.1. The molecule has 5 heteroatoms. The molecule has 0 aromatic carbocycles. The van der Waals surface area contributed by atoms with Gasteiger partial charge in [0.2, 0.25) is 4.83 Å². The zero-order valence-electron chi connectivity index (χ0n) is 13.4. The van der Waals surface area contributed by atoms with Crippen LogP contribution in [-0.4, -0.2) is 14.5 Å². The highest BCUT2D eigenvalue weighted by Gasteiger charge is 2.34. The van der Waals surface area contributed by atoms with Crippen LogP contribution in [0.1, 0.15) is 9.68 Å². The lowest BCUT2D eigenvalue weighted by Gasteiger charge is -1.94. The van der Waals surface area contributed by atoms with Gasteiger partial charge in [0.25, 0.3) is 5.82 Å². The normalized spacial score (nSPS) is 15.9. The molecule has 0 bridgehead atoms. The molecule has 5 heterocycles. The van der Waals surface area contributed by atoms with E-state index < -0.39 is 6.98 Å². The molecular weight excluding hydrogens is 268 g/mol. The summed E-state index contributed by atoms with van der Waals surface area (Å²) in [6.45, 7) is -1.61. The Morgan fingerprint density at radius 1 is 1.40 bits per heavy atom. The minimum Gasteiger partial charge on any atom is -0.264 e. The van der Waals surface area contributed by atoms with Crippen molar-refractivity contribution in [1.82, 2.24) is 14.5 Å². The molecule has 4 nitrogen and oxygen atoms in total. The van der Waals surface area contributed by atoms with E-state index in [9.17, 15) is 0 Å². The van der Waals surface area contributed by atoms with Gasteiger partial charge in [0.05, 0.1) is 22.0 Å². The minimum atomic E-state index is -2.26. The second-order valence-electron chi connectivity index (χ2n) is 4.89. The Hall–Kier alpha value is -2.27. The highest BCUT2D eigenvalue weighted by molar-refractivity contribution is 7.24. The zero-order chi connectivity index (χ0) is 15.8. The smallest absolute Gasteiger partial charge is 0.264 e. The quantitative estimate of drug-likeness (QED) is 0.409. The summed E-state index contributed by atoms with van der Waals surface area (Å²) in [5.41, 5.74) is 2.74. The maximum absolute atomic E-state index is 8.05. The van der Waals surface area contributed by atoms with Crippen molar-refractivity contribution in [3.63, 3.8) is 0 Å². The fraction of sp³-hybridized carbons (Fsp3) is 0.133. The predicted octanol–water partition coefficient (Wildman–Crippen LogP) is 2.50. The van der Waals surface area contributed by atoms with E-state index in [4.69, 9.17) is 4.11 Å². The Morgan fingerprint density at radius 2 is 2.40 bits per heavy atom. The first-order valence-electron chi connectivity index (χ1n) is 7.81. The van der Waals surface area contributed by atoms with E-state index in [1.54, 1.807) is 12.4 Å². The Morgan fingerprint density at radius 3 is 3.35 bits per heavy atom. The lowest BCUT2D eigenvalue weighted by Crippen LogP contribution is -2.30. The van der Waals surface area contributed by atoms with Crippen LogP contribution in [0.2, 0.25) is 0 Å². The predicted molar refractivity (Wildman–Crippen MR) is 78.6 cm³/mol. The highest BCUT2D eigenvalue weighted by atomic mass is 32.1. The Labute approximate surface area is 123 Å². The highest BCUT2D eigenvalue weighted by Crippen LogP contribution is 2.36. The first-order valence-corrected chi connectivity index (χ1v) is 7.13. The number of fused-ring (bicyclic) bond motifs is 7. The molecule has 0 N–H and O–H groups in total. The Kier molecular flexibility index (Phi) is 1.39. The molecule has 0 fully saturated rings. The van der Waals surface area contributed by atoms with Crippen LogP contribution in [0.3, 0.4) is 0 Å². The van der Waals surface area contributed by atoms with Gasteiger partial charge in [0.15, 0.2) is 5.52 Å². The molecule has 20 heavy (non-hydrogen) atoms. The van der Waals surface area contributed by atoms with Crippen molar-refractivity contribution >= 4 is 31.9 Å². The number of hydrogen-bond acceptors (Lipinski definition) is 3. The molecule has 1 aliphatic rings. The second kappa shape index (κ2) is 3.43. The summed E-state index contributed by atoms with van der Waals surface area (Å²) in [5.74, 6) is 0.731. The van der Waals surface area contributed by atoms with Crippen molar-refractivity contribution in [3.8, 4) is 11.4 Å². The third-order valence-electron chi connectivity index (χ3n) is 3.83. The number of thiophene rings is 1. The molecule has 0 radical (unpaired) electrons. The summed E-state index contributed by atoms with van der Waals surface area (Å²) in [4.78, 5) is 10.4. The van der Waals surface area contributed by atoms with Crippen molar-refractivity contribution in [2.24, 2.45) is 6.98 Å². The molecule has 0 amide bonds. The first kappa shape index (κ1) is 8.11. The summed E-state index contributed by atoms with van der Waals surface area (Å²) in [6, 6.07) is 5.67. The van der Waals surface area contributed by atoms with E-state index >= 15 is 0 Å². The third-order valence-corrected chi connectivity index (χ3v) is 4.96. The van der Waals surface area contributed by atoms with Gasteiger partial charge in [-0.1, -0.05) is 11.3 Å². The summed E-state index contributed by atoms with van der Waals surface area (Å²) < 4.78 is 27.7.